The highest BCUT2D eigenvalue weighted by Gasteiger charge is 2.15. The Morgan fingerprint density at radius 1 is 1.19 bits per heavy atom. The standard InChI is InChI=1S/C18H31NOS/c1-5-11-19-17(14-21-13-6-12-20)15-7-9-16(10-8-15)18(2,3)4/h7-10,17,19-20H,5-6,11-14H2,1-4H3. The molecule has 0 amide bonds. The van der Waals surface area contributed by atoms with Crippen LogP contribution in [0.15, 0.2) is 24.3 Å². The van der Waals surface area contributed by atoms with Crippen molar-refractivity contribution in [3.05, 3.63) is 35.4 Å². The molecule has 0 saturated heterocycles. The second-order valence-corrected chi connectivity index (χ2v) is 7.68. The van der Waals surface area contributed by atoms with Crippen molar-refractivity contribution in [1.82, 2.24) is 5.32 Å². The van der Waals surface area contributed by atoms with Gasteiger partial charge in [0.25, 0.3) is 0 Å². The summed E-state index contributed by atoms with van der Waals surface area (Å²) in [6.07, 6.45) is 2.03. The summed E-state index contributed by atoms with van der Waals surface area (Å²) in [4.78, 5) is 0. The van der Waals surface area contributed by atoms with Crippen LogP contribution in [0, 0.1) is 0 Å². The Labute approximate surface area is 134 Å². The fraction of sp³-hybridized carbons (Fsp3) is 0.667. The molecule has 0 saturated carbocycles. The maximum absolute atomic E-state index is 8.87. The first-order chi connectivity index (χ1) is 9.99. The molecule has 0 heterocycles. The molecule has 1 atom stereocenters. The molecule has 1 unspecified atom stereocenters. The molecule has 0 aliphatic rings. The molecule has 0 aromatic heterocycles. The van der Waals surface area contributed by atoms with Gasteiger partial charge in [-0.2, -0.15) is 11.8 Å². The molecular weight excluding hydrogens is 278 g/mol. The molecule has 0 aliphatic carbocycles. The van der Waals surface area contributed by atoms with Crippen LogP contribution in [0.3, 0.4) is 0 Å². The molecule has 0 aliphatic heterocycles. The van der Waals surface area contributed by atoms with Crippen molar-refractivity contribution >= 4 is 11.8 Å². The maximum atomic E-state index is 8.87. The van der Waals surface area contributed by atoms with Gasteiger partial charge in [0.05, 0.1) is 0 Å². The van der Waals surface area contributed by atoms with Crippen molar-refractivity contribution in [2.75, 3.05) is 24.7 Å². The van der Waals surface area contributed by atoms with Gasteiger partial charge in [0, 0.05) is 18.4 Å². The van der Waals surface area contributed by atoms with Crippen LogP contribution in [0.4, 0.5) is 0 Å². The van der Waals surface area contributed by atoms with Crippen molar-refractivity contribution in [2.24, 2.45) is 0 Å². The predicted octanol–water partition coefficient (Wildman–Crippen LogP) is 4.14. The molecule has 0 fully saturated rings. The van der Waals surface area contributed by atoms with Gasteiger partial charge in [-0.3, -0.25) is 0 Å². The van der Waals surface area contributed by atoms with Crippen LogP contribution in [0.2, 0.25) is 0 Å². The van der Waals surface area contributed by atoms with E-state index in [0.717, 1.165) is 30.9 Å². The monoisotopic (exact) mass is 309 g/mol. The van der Waals surface area contributed by atoms with E-state index >= 15 is 0 Å². The van der Waals surface area contributed by atoms with Crippen molar-refractivity contribution < 1.29 is 5.11 Å². The zero-order valence-corrected chi connectivity index (χ0v) is 14.8. The van der Waals surface area contributed by atoms with Gasteiger partial charge in [0.15, 0.2) is 0 Å². The highest BCUT2D eigenvalue weighted by atomic mass is 32.2. The topological polar surface area (TPSA) is 32.3 Å². The van der Waals surface area contributed by atoms with Gasteiger partial charge in [-0.25, -0.2) is 0 Å². The van der Waals surface area contributed by atoms with E-state index < -0.39 is 0 Å². The predicted molar refractivity (Wildman–Crippen MR) is 95.2 cm³/mol. The molecule has 0 bridgehead atoms. The van der Waals surface area contributed by atoms with E-state index in [2.05, 4.69) is 57.3 Å². The second-order valence-electron chi connectivity index (χ2n) is 6.53. The largest absolute Gasteiger partial charge is 0.396 e. The Balaban J connectivity index is 2.68. The number of thioether (sulfide) groups is 1. The lowest BCUT2D eigenvalue weighted by molar-refractivity contribution is 0.296. The fourth-order valence-electron chi connectivity index (χ4n) is 2.17. The minimum atomic E-state index is 0.209. The average molecular weight is 310 g/mol. The Morgan fingerprint density at radius 2 is 1.86 bits per heavy atom. The third kappa shape index (κ3) is 6.86. The summed E-state index contributed by atoms with van der Waals surface area (Å²) < 4.78 is 0. The number of aliphatic hydroxyl groups excluding tert-OH is 1. The number of nitrogens with one attached hydrogen (secondary N) is 1. The normalized spacial score (nSPS) is 13.4. The molecule has 2 N–H and O–H groups in total. The number of hydrogen-bond donors (Lipinski definition) is 2. The third-order valence-electron chi connectivity index (χ3n) is 3.55. The van der Waals surface area contributed by atoms with Crippen molar-refractivity contribution in [2.45, 2.75) is 52.0 Å². The lowest BCUT2D eigenvalue weighted by Crippen LogP contribution is -2.24. The summed E-state index contributed by atoms with van der Waals surface area (Å²) in [7, 11) is 0. The number of benzene rings is 1. The van der Waals surface area contributed by atoms with Crippen LogP contribution in [-0.4, -0.2) is 29.8 Å². The molecule has 1 aromatic rings. The molecule has 1 rings (SSSR count). The van der Waals surface area contributed by atoms with Crippen LogP contribution in [0.25, 0.3) is 0 Å². The molecule has 1 aromatic carbocycles. The summed E-state index contributed by atoms with van der Waals surface area (Å²) >= 11 is 1.92. The van der Waals surface area contributed by atoms with E-state index in [-0.39, 0.29) is 5.41 Å². The molecule has 120 valence electrons. The van der Waals surface area contributed by atoms with Crippen LogP contribution in [0.5, 0.6) is 0 Å². The van der Waals surface area contributed by atoms with Crippen LogP contribution >= 0.6 is 11.8 Å². The smallest absolute Gasteiger partial charge is 0.0438 e. The van der Waals surface area contributed by atoms with Crippen LogP contribution < -0.4 is 5.32 Å². The van der Waals surface area contributed by atoms with Gasteiger partial charge >= 0.3 is 0 Å². The van der Waals surface area contributed by atoms with Gasteiger partial charge in [-0.15, -0.1) is 0 Å². The Bertz CT molecular complexity index is 383. The molecule has 0 spiro atoms. The quantitative estimate of drug-likeness (QED) is 0.672. The van der Waals surface area contributed by atoms with Crippen molar-refractivity contribution in [3.8, 4) is 0 Å². The summed E-state index contributed by atoms with van der Waals surface area (Å²) in [6, 6.07) is 9.45. The highest BCUT2D eigenvalue weighted by molar-refractivity contribution is 7.99. The number of aliphatic hydroxyl groups is 1. The molecule has 21 heavy (non-hydrogen) atoms. The lowest BCUT2D eigenvalue weighted by atomic mass is 9.86. The molecule has 0 radical (unpaired) electrons. The number of rotatable bonds is 9. The maximum Gasteiger partial charge on any atom is 0.0438 e. The third-order valence-corrected chi connectivity index (χ3v) is 4.70. The summed E-state index contributed by atoms with van der Waals surface area (Å²) in [6.45, 7) is 10.3. The Kier molecular flexibility index (Phi) is 8.38. The minimum Gasteiger partial charge on any atom is -0.396 e. The van der Waals surface area contributed by atoms with E-state index in [9.17, 15) is 0 Å². The first-order valence-corrected chi connectivity index (χ1v) is 9.17. The van der Waals surface area contributed by atoms with Gasteiger partial charge < -0.3 is 10.4 Å². The lowest BCUT2D eigenvalue weighted by Gasteiger charge is -2.22. The van der Waals surface area contributed by atoms with Crippen LogP contribution in [-0.2, 0) is 5.41 Å². The van der Waals surface area contributed by atoms with E-state index in [1.807, 2.05) is 11.8 Å². The van der Waals surface area contributed by atoms with Crippen LogP contribution in [0.1, 0.15) is 57.7 Å². The molecular formula is C18H31NOS. The zero-order valence-electron chi connectivity index (χ0n) is 14.0. The SMILES string of the molecule is CCCNC(CSCCCO)c1ccc(C(C)(C)C)cc1. The summed E-state index contributed by atoms with van der Waals surface area (Å²) in [5.74, 6) is 2.09. The highest BCUT2D eigenvalue weighted by Crippen LogP contribution is 2.25. The summed E-state index contributed by atoms with van der Waals surface area (Å²) in [5.41, 5.74) is 2.96. The second kappa shape index (κ2) is 9.50. The summed E-state index contributed by atoms with van der Waals surface area (Å²) in [5, 5.41) is 12.5. The van der Waals surface area contributed by atoms with Gasteiger partial charge in [0.2, 0.25) is 0 Å². The van der Waals surface area contributed by atoms with E-state index in [1.165, 1.54) is 11.1 Å². The van der Waals surface area contributed by atoms with Gasteiger partial charge in [-0.1, -0.05) is 52.0 Å². The zero-order chi connectivity index (χ0) is 15.7. The van der Waals surface area contributed by atoms with E-state index in [1.54, 1.807) is 0 Å². The average Bonchev–Trinajstić information content (AvgIpc) is 2.46. The molecule has 2 nitrogen and oxygen atoms in total. The van der Waals surface area contributed by atoms with Crippen molar-refractivity contribution in [1.29, 1.82) is 0 Å². The first kappa shape index (κ1) is 18.5. The van der Waals surface area contributed by atoms with Gasteiger partial charge in [-0.05, 0) is 41.7 Å². The van der Waals surface area contributed by atoms with E-state index in [0.29, 0.717) is 12.6 Å². The minimum absolute atomic E-state index is 0.209. The first-order valence-electron chi connectivity index (χ1n) is 8.01. The Hall–Kier alpha value is -0.510. The number of hydrogen-bond acceptors (Lipinski definition) is 3. The molecule has 3 heteroatoms. The fourth-order valence-corrected chi connectivity index (χ4v) is 3.22. The van der Waals surface area contributed by atoms with Crippen molar-refractivity contribution in [3.63, 3.8) is 0 Å². The van der Waals surface area contributed by atoms with Gasteiger partial charge in [0.1, 0.15) is 0 Å². The Morgan fingerprint density at radius 3 is 2.38 bits per heavy atom. The van der Waals surface area contributed by atoms with E-state index in [4.69, 9.17) is 5.11 Å².